The standard InChI is InChI=1S/C14H14N2O4/c1-8-15-12(13(16-8)14(17)18)9-3-4-10-11(7-9)20-6-2-5-19-10/h3-4,7H,2,5-6H2,1H3,(H,15,16)(H,17,18). The van der Waals surface area contributed by atoms with E-state index >= 15 is 0 Å². The number of fused-ring (bicyclic) bond motifs is 1. The molecule has 1 aromatic carbocycles. The summed E-state index contributed by atoms with van der Waals surface area (Å²) in [6.45, 7) is 2.93. The van der Waals surface area contributed by atoms with Crippen LogP contribution < -0.4 is 9.47 Å². The molecule has 0 atom stereocenters. The molecule has 104 valence electrons. The van der Waals surface area contributed by atoms with Crippen LogP contribution in [0.1, 0.15) is 22.7 Å². The van der Waals surface area contributed by atoms with Gasteiger partial charge in [0.25, 0.3) is 0 Å². The van der Waals surface area contributed by atoms with Crippen LogP contribution in [-0.2, 0) is 0 Å². The summed E-state index contributed by atoms with van der Waals surface area (Å²) in [6, 6.07) is 5.34. The van der Waals surface area contributed by atoms with Crippen LogP contribution in [0.3, 0.4) is 0 Å². The van der Waals surface area contributed by atoms with Crippen molar-refractivity contribution in [1.29, 1.82) is 0 Å². The average Bonchev–Trinajstić information content (AvgIpc) is 2.68. The summed E-state index contributed by atoms with van der Waals surface area (Å²) < 4.78 is 11.2. The third kappa shape index (κ3) is 2.20. The zero-order chi connectivity index (χ0) is 14.1. The van der Waals surface area contributed by atoms with Gasteiger partial charge in [0.1, 0.15) is 11.5 Å². The van der Waals surface area contributed by atoms with E-state index in [9.17, 15) is 9.90 Å². The average molecular weight is 274 g/mol. The van der Waals surface area contributed by atoms with E-state index in [1.807, 2.05) is 0 Å². The number of aromatic carboxylic acids is 1. The number of H-pyrrole nitrogens is 1. The third-order valence-corrected chi connectivity index (χ3v) is 3.06. The van der Waals surface area contributed by atoms with Gasteiger partial charge < -0.3 is 19.6 Å². The highest BCUT2D eigenvalue weighted by atomic mass is 16.5. The fraction of sp³-hybridized carbons (Fsp3) is 0.286. The summed E-state index contributed by atoms with van der Waals surface area (Å²) in [4.78, 5) is 18.2. The number of aromatic amines is 1. The number of aryl methyl sites for hydroxylation is 1. The largest absolute Gasteiger partial charge is 0.490 e. The van der Waals surface area contributed by atoms with Crippen LogP contribution in [-0.4, -0.2) is 34.3 Å². The molecule has 0 saturated carbocycles. The number of carboxylic acid groups (broad SMARTS) is 1. The maximum atomic E-state index is 11.2. The minimum atomic E-state index is -1.03. The van der Waals surface area contributed by atoms with Crippen LogP contribution in [0.25, 0.3) is 11.3 Å². The first-order valence-electron chi connectivity index (χ1n) is 6.35. The molecular formula is C14H14N2O4. The van der Waals surface area contributed by atoms with Crippen molar-refractivity contribution in [2.75, 3.05) is 13.2 Å². The minimum absolute atomic E-state index is 0.0805. The van der Waals surface area contributed by atoms with Crippen LogP contribution in [0.2, 0.25) is 0 Å². The Kier molecular flexibility index (Phi) is 3.06. The van der Waals surface area contributed by atoms with Crippen molar-refractivity contribution in [3.8, 4) is 22.8 Å². The summed E-state index contributed by atoms with van der Waals surface area (Å²) in [7, 11) is 0. The maximum Gasteiger partial charge on any atom is 0.354 e. The predicted octanol–water partition coefficient (Wildman–Crippen LogP) is 2.24. The summed E-state index contributed by atoms with van der Waals surface area (Å²) >= 11 is 0. The van der Waals surface area contributed by atoms with Crippen LogP contribution in [0.5, 0.6) is 11.5 Å². The molecule has 0 saturated heterocycles. The number of nitrogens with zero attached hydrogens (tertiary/aromatic N) is 1. The lowest BCUT2D eigenvalue weighted by atomic mass is 10.1. The lowest BCUT2D eigenvalue weighted by molar-refractivity contribution is 0.0692. The molecule has 0 radical (unpaired) electrons. The molecule has 1 aromatic heterocycles. The number of carbonyl (C=O) groups is 1. The molecule has 20 heavy (non-hydrogen) atoms. The summed E-state index contributed by atoms with van der Waals surface area (Å²) in [5, 5.41) is 9.20. The second kappa shape index (κ2) is 4.88. The van der Waals surface area contributed by atoms with Crippen molar-refractivity contribution < 1.29 is 19.4 Å². The lowest BCUT2D eigenvalue weighted by Crippen LogP contribution is -1.99. The number of carboxylic acids is 1. The number of nitrogens with one attached hydrogen (secondary N) is 1. The molecule has 6 heteroatoms. The van der Waals surface area contributed by atoms with Crippen LogP contribution in [0.15, 0.2) is 18.2 Å². The third-order valence-electron chi connectivity index (χ3n) is 3.06. The monoisotopic (exact) mass is 274 g/mol. The molecule has 0 fully saturated rings. The second-order valence-corrected chi connectivity index (χ2v) is 4.56. The van der Waals surface area contributed by atoms with E-state index in [0.717, 1.165) is 6.42 Å². The second-order valence-electron chi connectivity index (χ2n) is 4.56. The van der Waals surface area contributed by atoms with Gasteiger partial charge in [0, 0.05) is 12.0 Å². The van der Waals surface area contributed by atoms with Gasteiger partial charge in [0.2, 0.25) is 0 Å². The summed E-state index contributed by atoms with van der Waals surface area (Å²) in [5.41, 5.74) is 1.18. The molecule has 2 aromatic rings. The maximum absolute atomic E-state index is 11.2. The molecule has 0 amide bonds. The van der Waals surface area contributed by atoms with Gasteiger partial charge in [-0.15, -0.1) is 0 Å². The zero-order valence-electron chi connectivity index (χ0n) is 11.0. The number of ether oxygens (including phenoxy) is 2. The van der Waals surface area contributed by atoms with E-state index in [1.165, 1.54) is 0 Å². The van der Waals surface area contributed by atoms with Crippen LogP contribution in [0, 0.1) is 6.92 Å². The Hall–Kier alpha value is -2.50. The van der Waals surface area contributed by atoms with Crippen molar-refractivity contribution in [1.82, 2.24) is 9.97 Å². The van der Waals surface area contributed by atoms with E-state index < -0.39 is 5.97 Å². The Morgan fingerprint density at radius 1 is 1.30 bits per heavy atom. The van der Waals surface area contributed by atoms with Gasteiger partial charge in [-0.3, -0.25) is 0 Å². The topological polar surface area (TPSA) is 84.4 Å². The zero-order valence-corrected chi connectivity index (χ0v) is 11.0. The number of benzene rings is 1. The fourth-order valence-corrected chi connectivity index (χ4v) is 2.17. The first-order valence-corrected chi connectivity index (χ1v) is 6.35. The fourth-order valence-electron chi connectivity index (χ4n) is 2.17. The van der Waals surface area contributed by atoms with Gasteiger partial charge in [-0.1, -0.05) is 0 Å². The van der Waals surface area contributed by atoms with Crippen molar-refractivity contribution in [2.24, 2.45) is 0 Å². The molecule has 1 aliphatic heterocycles. The molecule has 1 aliphatic rings. The van der Waals surface area contributed by atoms with Crippen molar-refractivity contribution in [3.63, 3.8) is 0 Å². The number of aromatic nitrogens is 2. The first kappa shape index (κ1) is 12.5. The van der Waals surface area contributed by atoms with Crippen molar-refractivity contribution in [3.05, 3.63) is 29.7 Å². The van der Waals surface area contributed by atoms with Crippen LogP contribution in [0.4, 0.5) is 0 Å². The Morgan fingerprint density at radius 3 is 2.80 bits per heavy atom. The number of imidazole rings is 1. The first-order chi connectivity index (χ1) is 9.65. The van der Waals surface area contributed by atoms with Gasteiger partial charge in [-0.2, -0.15) is 0 Å². The van der Waals surface area contributed by atoms with E-state index in [0.29, 0.717) is 41.8 Å². The lowest BCUT2D eigenvalue weighted by Gasteiger charge is -2.08. The minimum Gasteiger partial charge on any atom is -0.490 e. The van der Waals surface area contributed by atoms with Crippen LogP contribution >= 0.6 is 0 Å². The van der Waals surface area contributed by atoms with Gasteiger partial charge in [-0.25, -0.2) is 9.78 Å². The highest BCUT2D eigenvalue weighted by Crippen LogP contribution is 2.34. The molecule has 2 heterocycles. The predicted molar refractivity (Wildman–Crippen MR) is 71.3 cm³/mol. The van der Waals surface area contributed by atoms with E-state index in [1.54, 1.807) is 25.1 Å². The Balaban J connectivity index is 2.07. The van der Waals surface area contributed by atoms with Gasteiger partial charge in [0.15, 0.2) is 17.2 Å². The SMILES string of the molecule is Cc1nc(-c2ccc3c(c2)OCCCO3)c(C(=O)O)[nH]1. The Labute approximate surface area is 115 Å². The van der Waals surface area contributed by atoms with Gasteiger partial charge >= 0.3 is 5.97 Å². The smallest absolute Gasteiger partial charge is 0.354 e. The van der Waals surface area contributed by atoms with E-state index in [4.69, 9.17) is 9.47 Å². The Bertz CT molecular complexity index is 663. The quantitative estimate of drug-likeness (QED) is 0.877. The van der Waals surface area contributed by atoms with E-state index in [-0.39, 0.29) is 5.69 Å². The number of rotatable bonds is 2. The van der Waals surface area contributed by atoms with Gasteiger partial charge in [0.05, 0.1) is 13.2 Å². The molecule has 0 aliphatic carbocycles. The molecule has 0 unspecified atom stereocenters. The number of hydrogen-bond acceptors (Lipinski definition) is 4. The molecule has 0 bridgehead atoms. The Morgan fingerprint density at radius 2 is 2.05 bits per heavy atom. The molecule has 0 spiro atoms. The molecule has 6 nitrogen and oxygen atoms in total. The van der Waals surface area contributed by atoms with Crippen molar-refractivity contribution in [2.45, 2.75) is 13.3 Å². The van der Waals surface area contributed by atoms with Crippen molar-refractivity contribution >= 4 is 5.97 Å². The number of hydrogen-bond donors (Lipinski definition) is 2. The van der Waals surface area contributed by atoms with Gasteiger partial charge in [-0.05, 0) is 25.1 Å². The normalized spacial score (nSPS) is 13.8. The highest BCUT2D eigenvalue weighted by Gasteiger charge is 2.19. The summed E-state index contributed by atoms with van der Waals surface area (Å²) in [5.74, 6) is 0.824. The summed E-state index contributed by atoms with van der Waals surface area (Å²) in [6.07, 6.45) is 0.825. The molecule has 3 rings (SSSR count). The van der Waals surface area contributed by atoms with E-state index in [2.05, 4.69) is 9.97 Å². The highest BCUT2D eigenvalue weighted by molar-refractivity contribution is 5.93. The molecular weight excluding hydrogens is 260 g/mol. The molecule has 2 N–H and O–H groups in total.